The van der Waals surface area contributed by atoms with Crippen LogP contribution in [0.5, 0.6) is 0 Å². The number of hydrogen-bond acceptors (Lipinski definition) is 7. The van der Waals surface area contributed by atoms with Crippen LogP contribution >= 0.6 is 0 Å². The summed E-state index contributed by atoms with van der Waals surface area (Å²) in [5.74, 6) is -1.26. The maximum Gasteiger partial charge on any atom is 0.392 e. The highest BCUT2D eigenvalue weighted by Gasteiger charge is 2.56. The first-order valence-electron chi connectivity index (χ1n) is 13.1. The Labute approximate surface area is 217 Å². The number of halogens is 3. The number of ether oxygens (including phenoxy) is 1. The first-order valence-corrected chi connectivity index (χ1v) is 13.1. The first kappa shape index (κ1) is 25.2. The van der Waals surface area contributed by atoms with Crippen molar-refractivity contribution in [2.75, 3.05) is 13.7 Å². The SMILES string of the molecule is COn1cc(C2CC(c3nc([C@H]4C[C@@H](C(F)(F)F)C5CC4C5)c4nc(C)c(C)nc4n3)CCO2)ccc1=O. The van der Waals surface area contributed by atoms with Crippen molar-refractivity contribution in [2.24, 2.45) is 17.8 Å². The summed E-state index contributed by atoms with van der Waals surface area (Å²) in [6.45, 7) is 4.16. The zero-order valence-electron chi connectivity index (χ0n) is 21.5. The molecule has 3 saturated carbocycles. The second kappa shape index (κ2) is 9.29. The van der Waals surface area contributed by atoms with Crippen LogP contribution in [0.1, 0.15) is 78.5 Å². The van der Waals surface area contributed by atoms with Gasteiger partial charge in [0.2, 0.25) is 0 Å². The van der Waals surface area contributed by atoms with E-state index in [-0.39, 0.29) is 41.8 Å². The summed E-state index contributed by atoms with van der Waals surface area (Å²) in [5, 5.41) is 0. The second-order valence-corrected chi connectivity index (χ2v) is 10.9. The number of hydrogen-bond donors (Lipinski definition) is 0. The molecule has 4 aliphatic rings. The Bertz CT molecular complexity index is 1440. The Kier molecular flexibility index (Phi) is 6.16. The second-order valence-electron chi connectivity index (χ2n) is 10.9. The minimum atomic E-state index is -4.22. The summed E-state index contributed by atoms with van der Waals surface area (Å²) in [7, 11) is 1.42. The first-order chi connectivity index (χ1) is 18.1. The number of aryl methyl sites for hydroxylation is 2. The monoisotopic (exact) mass is 529 g/mol. The van der Waals surface area contributed by atoms with Gasteiger partial charge in [0, 0.05) is 30.1 Å². The minimum Gasteiger partial charge on any atom is -0.414 e. The van der Waals surface area contributed by atoms with E-state index in [4.69, 9.17) is 24.5 Å². The molecule has 7 rings (SSSR count). The standard InChI is InChI=1S/C27H30F3N5O3/c1-13-14(2)32-26-24(31-13)23(19-11-20(27(28,29)30)18-8-17(19)9-18)33-25(34-26)15-6-7-38-21(10-15)16-4-5-22(36)35(12-16)37-3/h4-5,12,15,17-21H,6-11H2,1-3H3/t15?,17?,18?,19-,20+,21?/m0/s1. The van der Waals surface area contributed by atoms with Crippen LogP contribution in [0.4, 0.5) is 13.2 Å². The number of aromatic nitrogens is 5. The molecule has 4 fully saturated rings. The number of alkyl halides is 3. The molecule has 1 aliphatic heterocycles. The summed E-state index contributed by atoms with van der Waals surface area (Å²) >= 11 is 0. The van der Waals surface area contributed by atoms with Crippen LogP contribution in [-0.4, -0.2) is 44.6 Å². The van der Waals surface area contributed by atoms with Crippen molar-refractivity contribution in [3.8, 4) is 0 Å². The summed E-state index contributed by atoms with van der Waals surface area (Å²) in [6, 6.07) is 3.16. The molecule has 0 amide bonds. The van der Waals surface area contributed by atoms with Crippen LogP contribution in [0, 0.1) is 31.6 Å². The van der Waals surface area contributed by atoms with Crippen molar-refractivity contribution in [3.05, 3.63) is 57.2 Å². The summed E-state index contributed by atoms with van der Waals surface area (Å²) in [6.07, 6.45) is -0.492. The van der Waals surface area contributed by atoms with Crippen molar-refractivity contribution in [3.63, 3.8) is 0 Å². The van der Waals surface area contributed by atoms with Crippen LogP contribution < -0.4 is 10.4 Å². The maximum atomic E-state index is 13.9. The fourth-order valence-corrected chi connectivity index (χ4v) is 6.43. The van der Waals surface area contributed by atoms with E-state index in [2.05, 4.69) is 4.98 Å². The normalized spacial score (nSPS) is 29.2. The smallest absolute Gasteiger partial charge is 0.392 e. The molecular weight excluding hydrogens is 499 g/mol. The van der Waals surface area contributed by atoms with Crippen LogP contribution in [0.3, 0.4) is 0 Å². The molecule has 2 unspecified atom stereocenters. The topological polar surface area (TPSA) is 92.0 Å². The van der Waals surface area contributed by atoms with Gasteiger partial charge in [-0.15, -0.1) is 0 Å². The molecule has 202 valence electrons. The van der Waals surface area contributed by atoms with Gasteiger partial charge in [-0.2, -0.15) is 17.9 Å². The Hall–Kier alpha value is -3.08. The quantitative estimate of drug-likeness (QED) is 0.488. The van der Waals surface area contributed by atoms with Crippen LogP contribution in [-0.2, 0) is 4.74 Å². The largest absolute Gasteiger partial charge is 0.414 e. The Morgan fingerprint density at radius 1 is 1.00 bits per heavy atom. The fourth-order valence-electron chi connectivity index (χ4n) is 6.43. The molecule has 0 radical (unpaired) electrons. The number of pyridine rings is 1. The fraction of sp³-hybridized carbons (Fsp3) is 0.593. The van der Waals surface area contributed by atoms with Crippen molar-refractivity contribution >= 4 is 11.2 Å². The van der Waals surface area contributed by atoms with Gasteiger partial charge in [0.05, 0.1) is 35.3 Å². The van der Waals surface area contributed by atoms with E-state index in [1.807, 2.05) is 13.8 Å². The maximum absolute atomic E-state index is 13.9. The van der Waals surface area contributed by atoms with E-state index >= 15 is 0 Å². The summed E-state index contributed by atoms with van der Waals surface area (Å²) < 4.78 is 48.8. The third-order valence-electron chi connectivity index (χ3n) is 8.73. The molecule has 0 N–H and O–H groups in total. The highest BCUT2D eigenvalue weighted by Crippen LogP contribution is 2.59. The van der Waals surface area contributed by atoms with Gasteiger partial charge >= 0.3 is 6.18 Å². The summed E-state index contributed by atoms with van der Waals surface area (Å²) in [5.41, 5.74) is 3.54. The zero-order chi connectivity index (χ0) is 26.8. The molecule has 0 aromatic carbocycles. The molecule has 1 saturated heterocycles. The van der Waals surface area contributed by atoms with E-state index < -0.39 is 12.1 Å². The molecule has 8 nitrogen and oxygen atoms in total. The minimum absolute atomic E-state index is 0.0357. The van der Waals surface area contributed by atoms with Crippen molar-refractivity contribution in [1.82, 2.24) is 24.7 Å². The average molecular weight is 530 g/mol. The van der Waals surface area contributed by atoms with E-state index in [9.17, 15) is 18.0 Å². The molecule has 4 atom stereocenters. The van der Waals surface area contributed by atoms with Gasteiger partial charge in [-0.1, -0.05) is 0 Å². The molecule has 11 heteroatoms. The summed E-state index contributed by atoms with van der Waals surface area (Å²) in [4.78, 5) is 36.2. The Morgan fingerprint density at radius 2 is 1.76 bits per heavy atom. The molecule has 3 aromatic rings. The van der Waals surface area contributed by atoms with Gasteiger partial charge in [-0.3, -0.25) is 4.79 Å². The molecule has 3 aliphatic carbocycles. The van der Waals surface area contributed by atoms with Crippen molar-refractivity contribution < 1.29 is 22.7 Å². The van der Waals surface area contributed by atoms with E-state index in [0.29, 0.717) is 55.0 Å². The lowest BCUT2D eigenvalue weighted by Crippen LogP contribution is -2.47. The highest BCUT2D eigenvalue weighted by molar-refractivity contribution is 5.73. The van der Waals surface area contributed by atoms with Crippen molar-refractivity contribution in [2.45, 2.75) is 70.1 Å². The van der Waals surface area contributed by atoms with Crippen LogP contribution in [0.25, 0.3) is 11.2 Å². The zero-order valence-corrected chi connectivity index (χ0v) is 21.5. The predicted octanol–water partition coefficient (Wildman–Crippen LogP) is 4.58. The van der Waals surface area contributed by atoms with Gasteiger partial charge in [-0.05, 0) is 63.9 Å². The van der Waals surface area contributed by atoms with Gasteiger partial charge in [-0.25, -0.2) is 19.9 Å². The van der Waals surface area contributed by atoms with Gasteiger partial charge in [0.15, 0.2) is 5.65 Å². The number of nitrogens with zero attached hydrogens (tertiary/aromatic N) is 5. The third kappa shape index (κ3) is 4.34. The van der Waals surface area contributed by atoms with Crippen LogP contribution in [0.2, 0.25) is 0 Å². The lowest BCUT2D eigenvalue weighted by molar-refractivity contribution is -0.219. The molecule has 3 aromatic heterocycles. The van der Waals surface area contributed by atoms with Crippen LogP contribution in [0.15, 0.2) is 23.1 Å². The lowest BCUT2D eigenvalue weighted by Gasteiger charge is -2.51. The van der Waals surface area contributed by atoms with Crippen molar-refractivity contribution in [1.29, 1.82) is 0 Å². The molecule has 38 heavy (non-hydrogen) atoms. The van der Waals surface area contributed by atoms with E-state index in [0.717, 1.165) is 21.7 Å². The molecular formula is C27H30F3N5O3. The Balaban J connectivity index is 1.39. The molecule has 4 heterocycles. The van der Waals surface area contributed by atoms with E-state index in [1.54, 1.807) is 12.3 Å². The number of fused-ring (bicyclic) bond motifs is 3. The predicted molar refractivity (Wildman–Crippen MR) is 132 cm³/mol. The molecule has 2 bridgehead atoms. The highest BCUT2D eigenvalue weighted by atomic mass is 19.4. The van der Waals surface area contributed by atoms with Gasteiger partial charge in [0.25, 0.3) is 5.56 Å². The van der Waals surface area contributed by atoms with Gasteiger partial charge in [0.1, 0.15) is 18.5 Å². The van der Waals surface area contributed by atoms with Gasteiger partial charge < -0.3 is 9.57 Å². The number of rotatable bonds is 4. The Morgan fingerprint density at radius 3 is 2.50 bits per heavy atom. The lowest BCUT2D eigenvalue weighted by atomic mass is 9.54. The average Bonchev–Trinajstić information content (AvgIpc) is 2.88. The van der Waals surface area contributed by atoms with E-state index in [1.165, 1.54) is 13.2 Å². The molecule has 0 spiro atoms. The third-order valence-corrected chi connectivity index (χ3v) is 8.73.